The largest absolute Gasteiger partial charge is 0.463 e. The van der Waals surface area contributed by atoms with Crippen LogP contribution in [0.4, 0.5) is 0 Å². The van der Waals surface area contributed by atoms with Crippen LogP contribution in [0.2, 0.25) is 0 Å². The van der Waals surface area contributed by atoms with Gasteiger partial charge in [-0.1, -0.05) is 30.3 Å². The molecule has 1 aliphatic rings. The second kappa shape index (κ2) is 6.78. The Morgan fingerprint density at radius 3 is 2.79 bits per heavy atom. The number of benzene rings is 1. The van der Waals surface area contributed by atoms with Crippen LogP contribution in [0.25, 0.3) is 4.91 Å². The van der Waals surface area contributed by atoms with Crippen molar-refractivity contribution in [2.75, 3.05) is 19.0 Å². The third-order valence-corrected chi connectivity index (χ3v) is 4.40. The third kappa shape index (κ3) is 3.19. The minimum Gasteiger partial charge on any atom is -0.463 e. The van der Waals surface area contributed by atoms with E-state index in [1.165, 1.54) is 0 Å². The highest BCUT2D eigenvalue weighted by molar-refractivity contribution is 8.08. The maximum Gasteiger partial charge on any atom is 0.335 e. The van der Waals surface area contributed by atoms with Crippen molar-refractivity contribution in [3.05, 3.63) is 41.5 Å². The first kappa shape index (κ1) is 14.2. The summed E-state index contributed by atoms with van der Waals surface area (Å²) in [7, 11) is 0. The van der Waals surface area contributed by atoms with Gasteiger partial charge in [-0.05, 0) is 18.9 Å². The van der Waals surface area contributed by atoms with E-state index < -0.39 is 0 Å². The Labute approximate surface area is 117 Å². The fraction of sp³-hybridized carbons (Fsp3) is 0.400. The molecule has 0 radical (unpaired) electrons. The van der Waals surface area contributed by atoms with Crippen LogP contribution < -0.4 is 0 Å². The molecule has 4 heteroatoms. The normalized spacial score (nSPS) is 18.7. The number of rotatable bonds is 5. The zero-order chi connectivity index (χ0) is 13.7. The number of carbonyl (C=O) groups is 1. The molecule has 1 aliphatic heterocycles. The van der Waals surface area contributed by atoms with Crippen LogP contribution in [0.15, 0.2) is 35.9 Å². The van der Waals surface area contributed by atoms with Crippen molar-refractivity contribution >= 4 is 22.6 Å². The first-order chi connectivity index (χ1) is 9.27. The van der Waals surface area contributed by atoms with Gasteiger partial charge in [0.15, 0.2) is 0 Å². The van der Waals surface area contributed by atoms with Gasteiger partial charge in [-0.15, -0.1) is 11.8 Å². The third-order valence-electron chi connectivity index (χ3n) is 3.09. The fourth-order valence-corrected chi connectivity index (χ4v) is 3.62. The molecule has 0 saturated carbocycles. The fourth-order valence-electron chi connectivity index (χ4n) is 2.21. The quantitative estimate of drug-likeness (QED) is 0.841. The molecule has 0 saturated heterocycles. The molecular formula is C15H18O3S. The average Bonchev–Trinajstić information content (AvgIpc) is 2.84. The summed E-state index contributed by atoms with van der Waals surface area (Å²) < 4.78 is 5.16. The van der Waals surface area contributed by atoms with Crippen LogP contribution >= 0.6 is 11.8 Å². The molecule has 1 aromatic rings. The summed E-state index contributed by atoms with van der Waals surface area (Å²) in [6, 6.07) is 9.89. The van der Waals surface area contributed by atoms with Crippen LogP contribution in [0.3, 0.4) is 0 Å². The van der Waals surface area contributed by atoms with Gasteiger partial charge in [-0.2, -0.15) is 0 Å². The monoisotopic (exact) mass is 278 g/mol. The lowest BCUT2D eigenvalue weighted by molar-refractivity contribution is -0.139. The second-order valence-electron chi connectivity index (χ2n) is 4.35. The Bertz CT molecular complexity index is 468. The van der Waals surface area contributed by atoms with Gasteiger partial charge in [-0.3, -0.25) is 0 Å². The van der Waals surface area contributed by atoms with Gasteiger partial charge in [0.05, 0.1) is 12.2 Å². The number of hydrogen-bond donors (Lipinski definition) is 1. The highest BCUT2D eigenvalue weighted by Gasteiger charge is 2.32. The van der Waals surface area contributed by atoms with E-state index in [4.69, 9.17) is 9.84 Å². The molecule has 1 atom stereocenters. The first-order valence-corrected chi connectivity index (χ1v) is 7.46. The van der Waals surface area contributed by atoms with Crippen LogP contribution in [0.5, 0.6) is 0 Å². The zero-order valence-corrected chi connectivity index (χ0v) is 11.8. The van der Waals surface area contributed by atoms with Gasteiger partial charge in [0.2, 0.25) is 0 Å². The predicted octanol–water partition coefficient (Wildman–Crippen LogP) is 2.71. The molecule has 0 spiro atoms. The summed E-state index contributed by atoms with van der Waals surface area (Å²) in [5.41, 5.74) is 1.78. The van der Waals surface area contributed by atoms with Crippen molar-refractivity contribution in [1.29, 1.82) is 0 Å². The van der Waals surface area contributed by atoms with Crippen LogP contribution in [-0.4, -0.2) is 30.0 Å². The maximum absolute atomic E-state index is 12.1. The second-order valence-corrected chi connectivity index (χ2v) is 5.38. The smallest absolute Gasteiger partial charge is 0.335 e. The number of ether oxygens (including phenoxy) is 1. The van der Waals surface area contributed by atoms with E-state index in [0.717, 1.165) is 21.8 Å². The lowest BCUT2D eigenvalue weighted by atomic mass is 9.96. The molecule has 1 N–H and O–H groups in total. The van der Waals surface area contributed by atoms with Crippen LogP contribution in [0.1, 0.15) is 18.9 Å². The number of aliphatic hydroxyl groups excluding tert-OH is 1. The van der Waals surface area contributed by atoms with E-state index in [0.29, 0.717) is 13.0 Å². The maximum atomic E-state index is 12.1. The van der Waals surface area contributed by atoms with Crippen LogP contribution in [-0.2, 0) is 9.53 Å². The summed E-state index contributed by atoms with van der Waals surface area (Å²) in [5.74, 6) is 0.674. The minimum atomic E-state index is -0.246. The molecule has 0 bridgehead atoms. The highest BCUT2D eigenvalue weighted by atomic mass is 32.2. The van der Waals surface area contributed by atoms with Gasteiger partial charge < -0.3 is 9.84 Å². The lowest BCUT2D eigenvalue weighted by Crippen LogP contribution is -2.16. The molecule has 0 fully saturated rings. The summed E-state index contributed by atoms with van der Waals surface area (Å²) >= 11 is 1.67. The molecule has 1 unspecified atom stereocenters. The zero-order valence-electron chi connectivity index (χ0n) is 11.0. The van der Waals surface area contributed by atoms with Gasteiger partial charge in [0.25, 0.3) is 0 Å². The molecule has 0 amide bonds. The summed E-state index contributed by atoms with van der Waals surface area (Å²) in [6.07, 6.45) is 0.609. The van der Waals surface area contributed by atoms with Gasteiger partial charge >= 0.3 is 5.97 Å². The van der Waals surface area contributed by atoms with Gasteiger partial charge in [0.1, 0.15) is 0 Å². The molecule has 1 heterocycles. The Hall–Kier alpha value is -1.26. The number of hydrogen-bond acceptors (Lipinski definition) is 4. The van der Waals surface area contributed by atoms with Crippen molar-refractivity contribution in [3.8, 4) is 0 Å². The average molecular weight is 278 g/mol. The standard InChI is InChI=1S/C15H18O3S/c1-2-18-15(17)13-12(8-9-16)10-19-14(13)11-6-4-3-5-7-11/h3-7,12,16H,2,8-10H2,1H3. The number of carbonyl (C=O) groups excluding carboxylic acids is 1. The number of thioether (sulfide) groups is 1. The van der Waals surface area contributed by atoms with E-state index in [1.54, 1.807) is 11.8 Å². The Kier molecular flexibility index (Phi) is 5.05. The topological polar surface area (TPSA) is 46.5 Å². The van der Waals surface area contributed by atoms with E-state index in [9.17, 15) is 4.79 Å². The van der Waals surface area contributed by atoms with Crippen molar-refractivity contribution < 1.29 is 14.6 Å². The van der Waals surface area contributed by atoms with E-state index in [1.807, 2.05) is 37.3 Å². The van der Waals surface area contributed by atoms with E-state index in [2.05, 4.69) is 0 Å². The molecule has 2 rings (SSSR count). The summed E-state index contributed by atoms with van der Waals surface area (Å²) in [4.78, 5) is 13.1. The minimum absolute atomic E-state index is 0.0873. The SMILES string of the molecule is CCOC(=O)C1=C(c2ccccc2)SCC1CCO. The van der Waals surface area contributed by atoms with Crippen molar-refractivity contribution in [2.45, 2.75) is 13.3 Å². The molecule has 1 aromatic carbocycles. The van der Waals surface area contributed by atoms with Crippen molar-refractivity contribution in [1.82, 2.24) is 0 Å². The van der Waals surface area contributed by atoms with E-state index in [-0.39, 0.29) is 18.5 Å². The van der Waals surface area contributed by atoms with Crippen molar-refractivity contribution in [3.63, 3.8) is 0 Å². The molecule has 19 heavy (non-hydrogen) atoms. The lowest BCUT2D eigenvalue weighted by Gasteiger charge is -2.12. The first-order valence-electron chi connectivity index (χ1n) is 6.48. The van der Waals surface area contributed by atoms with Crippen molar-refractivity contribution in [2.24, 2.45) is 5.92 Å². The predicted molar refractivity (Wildman–Crippen MR) is 77.6 cm³/mol. The molecule has 102 valence electrons. The van der Waals surface area contributed by atoms with Crippen LogP contribution in [0, 0.1) is 5.92 Å². The number of esters is 1. The summed E-state index contributed by atoms with van der Waals surface area (Å²) in [5, 5.41) is 9.13. The molecule has 0 aromatic heterocycles. The molecule has 3 nitrogen and oxygen atoms in total. The van der Waals surface area contributed by atoms with Gasteiger partial charge in [-0.25, -0.2) is 4.79 Å². The Balaban J connectivity index is 2.36. The summed E-state index contributed by atoms with van der Waals surface area (Å²) in [6.45, 7) is 2.28. The Morgan fingerprint density at radius 1 is 1.42 bits per heavy atom. The highest BCUT2D eigenvalue weighted by Crippen LogP contribution is 2.44. The van der Waals surface area contributed by atoms with Gasteiger partial charge in [0, 0.05) is 23.2 Å². The Morgan fingerprint density at radius 2 is 2.16 bits per heavy atom. The molecule has 0 aliphatic carbocycles. The molecular weight excluding hydrogens is 260 g/mol. The number of aliphatic hydroxyl groups is 1. The van der Waals surface area contributed by atoms with E-state index >= 15 is 0 Å².